The molecule has 0 radical (unpaired) electrons. The van der Waals surface area contributed by atoms with E-state index in [0.29, 0.717) is 10.4 Å². The average molecular weight is 210 g/mol. The number of aryl methyl sites for hydroxylation is 1. The zero-order chi connectivity index (χ0) is 10.9. The van der Waals surface area contributed by atoms with E-state index in [2.05, 4.69) is 0 Å². The van der Waals surface area contributed by atoms with Crippen molar-refractivity contribution in [3.05, 3.63) is 34.6 Å². The van der Waals surface area contributed by atoms with Crippen LogP contribution < -0.4 is 0 Å². The van der Waals surface area contributed by atoms with Crippen LogP contribution in [0.25, 0.3) is 0 Å². The van der Waals surface area contributed by atoms with Gasteiger partial charge in [-0.2, -0.15) is 0 Å². The normalized spacial score (nSPS) is 10.7. The molecule has 1 aromatic carbocycles. The predicted octanol–water partition coefficient (Wildman–Crippen LogP) is 4.00. The lowest BCUT2D eigenvalue weighted by molar-refractivity contribution is 0.595. The molecule has 0 saturated carbocycles. The van der Waals surface area contributed by atoms with Crippen LogP contribution in [-0.2, 0) is 0 Å². The molecular weight excluding hydrogens is 195 g/mol. The van der Waals surface area contributed by atoms with Gasteiger partial charge in [0.1, 0.15) is 5.82 Å². The van der Waals surface area contributed by atoms with E-state index in [4.69, 9.17) is 12.2 Å². The Balaban J connectivity index is 3.40. The zero-order valence-corrected chi connectivity index (χ0v) is 9.83. The molecule has 0 saturated heterocycles. The van der Waals surface area contributed by atoms with Gasteiger partial charge in [-0.05, 0) is 31.4 Å². The van der Waals surface area contributed by atoms with Gasteiger partial charge in [0.05, 0.1) is 0 Å². The van der Waals surface area contributed by atoms with E-state index in [1.807, 2.05) is 32.9 Å². The number of benzene rings is 1. The lowest BCUT2D eigenvalue weighted by atomic mass is 9.96. The van der Waals surface area contributed by atoms with Crippen LogP contribution in [-0.4, -0.2) is 4.86 Å². The summed E-state index contributed by atoms with van der Waals surface area (Å²) in [6, 6.07) is 3.70. The second-order valence-corrected chi connectivity index (χ2v) is 4.54. The highest BCUT2D eigenvalue weighted by atomic mass is 32.1. The maximum Gasteiger partial charge on any atom is 0.134 e. The number of halogens is 1. The third-order valence-corrected chi connectivity index (χ3v) is 2.47. The molecule has 0 heterocycles. The summed E-state index contributed by atoms with van der Waals surface area (Å²) in [7, 11) is 0. The smallest absolute Gasteiger partial charge is 0.134 e. The third-order valence-electron chi connectivity index (χ3n) is 2.25. The Hall–Kier alpha value is -0.760. The largest absolute Gasteiger partial charge is 0.206 e. The Labute approximate surface area is 90.1 Å². The highest BCUT2D eigenvalue weighted by Crippen LogP contribution is 2.23. The summed E-state index contributed by atoms with van der Waals surface area (Å²) in [5.74, 6) is 0.0427. The van der Waals surface area contributed by atoms with Gasteiger partial charge in [0.15, 0.2) is 0 Å². The van der Waals surface area contributed by atoms with E-state index in [0.717, 1.165) is 11.1 Å². The van der Waals surface area contributed by atoms with E-state index in [1.165, 1.54) is 0 Å². The Morgan fingerprint density at radius 1 is 1.36 bits per heavy atom. The summed E-state index contributed by atoms with van der Waals surface area (Å²) >= 11 is 5.02. The molecule has 14 heavy (non-hydrogen) atoms. The fourth-order valence-electron chi connectivity index (χ4n) is 1.47. The van der Waals surface area contributed by atoms with Crippen molar-refractivity contribution in [3.63, 3.8) is 0 Å². The highest BCUT2D eigenvalue weighted by molar-refractivity contribution is 7.80. The molecule has 76 valence electrons. The first kappa shape index (κ1) is 11.3. The minimum absolute atomic E-state index is 0.155. The fourth-order valence-corrected chi connectivity index (χ4v) is 1.62. The molecule has 0 aliphatic carbocycles. The second kappa shape index (κ2) is 4.18. The van der Waals surface area contributed by atoms with Crippen molar-refractivity contribution in [2.24, 2.45) is 0 Å². The molecule has 1 aromatic rings. The second-order valence-electron chi connectivity index (χ2n) is 3.93. The zero-order valence-electron chi connectivity index (χ0n) is 9.02. The molecule has 0 N–H and O–H groups in total. The molecule has 0 spiro atoms. The van der Waals surface area contributed by atoms with Gasteiger partial charge in [-0.25, -0.2) is 4.39 Å². The van der Waals surface area contributed by atoms with Crippen LogP contribution in [0.1, 0.15) is 43.4 Å². The van der Waals surface area contributed by atoms with Gasteiger partial charge in [-0.3, -0.25) is 0 Å². The molecule has 0 atom stereocenters. The van der Waals surface area contributed by atoms with Crippen molar-refractivity contribution in [3.8, 4) is 0 Å². The van der Waals surface area contributed by atoms with Gasteiger partial charge in [0.2, 0.25) is 0 Å². The van der Waals surface area contributed by atoms with E-state index in [1.54, 1.807) is 6.92 Å². The predicted molar refractivity (Wildman–Crippen MR) is 62.6 cm³/mol. The molecule has 0 aliphatic heterocycles. The van der Waals surface area contributed by atoms with Crippen LogP contribution in [0.3, 0.4) is 0 Å². The van der Waals surface area contributed by atoms with Crippen LogP contribution in [0.4, 0.5) is 4.39 Å². The van der Waals surface area contributed by atoms with Gasteiger partial charge < -0.3 is 0 Å². The summed E-state index contributed by atoms with van der Waals surface area (Å²) in [6.07, 6.45) is 0. The summed E-state index contributed by atoms with van der Waals surface area (Å²) in [6.45, 7) is 7.70. The first-order valence-corrected chi connectivity index (χ1v) is 5.15. The summed E-state index contributed by atoms with van der Waals surface area (Å²) in [4.78, 5) is 0.619. The molecule has 0 unspecified atom stereocenters. The number of hydrogen-bond donors (Lipinski definition) is 0. The Morgan fingerprint density at radius 2 is 1.93 bits per heavy atom. The van der Waals surface area contributed by atoms with Crippen LogP contribution in [0, 0.1) is 12.7 Å². The molecule has 0 aromatic heterocycles. The Bertz CT molecular complexity index is 367. The maximum atomic E-state index is 13.9. The van der Waals surface area contributed by atoms with Crippen molar-refractivity contribution in [1.82, 2.24) is 0 Å². The summed E-state index contributed by atoms with van der Waals surface area (Å²) < 4.78 is 13.9. The van der Waals surface area contributed by atoms with E-state index in [9.17, 15) is 4.39 Å². The Kier molecular flexibility index (Phi) is 3.38. The minimum atomic E-state index is -0.155. The quantitative estimate of drug-likeness (QED) is 0.525. The minimum Gasteiger partial charge on any atom is -0.206 e. The fraction of sp³-hybridized carbons (Fsp3) is 0.417. The van der Waals surface area contributed by atoms with Crippen molar-refractivity contribution >= 4 is 17.1 Å². The monoisotopic (exact) mass is 210 g/mol. The average Bonchev–Trinajstić information content (AvgIpc) is 2.07. The van der Waals surface area contributed by atoms with Gasteiger partial charge in [-0.15, -0.1) is 0 Å². The lowest BCUT2D eigenvalue weighted by Crippen LogP contribution is -2.03. The molecule has 0 fully saturated rings. The SMILES string of the molecule is CC(=S)c1cc(C)cc(C(C)C)c1F. The molecule has 0 amide bonds. The first-order valence-electron chi connectivity index (χ1n) is 4.74. The molecule has 1 rings (SSSR count). The number of hydrogen-bond acceptors (Lipinski definition) is 1. The highest BCUT2D eigenvalue weighted by Gasteiger charge is 2.13. The van der Waals surface area contributed by atoms with Crippen molar-refractivity contribution < 1.29 is 4.39 Å². The molecule has 2 heteroatoms. The summed E-state index contributed by atoms with van der Waals surface area (Å²) in [5.41, 5.74) is 2.39. The number of thiocarbonyl (C=S) groups is 1. The van der Waals surface area contributed by atoms with Crippen molar-refractivity contribution in [2.75, 3.05) is 0 Å². The molecule has 0 aliphatic rings. The topological polar surface area (TPSA) is 0 Å². The maximum absolute atomic E-state index is 13.9. The van der Waals surface area contributed by atoms with E-state index >= 15 is 0 Å². The first-order chi connectivity index (χ1) is 6.43. The summed E-state index contributed by atoms with van der Waals surface area (Å²) in [5, 5.41) is 0. The van der Waals surface area contributed by atoms with Crippen LogP contribution in [0.2, 0.25) is 0 Å². The Morgan fingerprint density at radius 3 is 2.36 bits per heavy atom. The van der Waals surface area contributed by atoms with Crippen molar-refractivity contribution in [2.45, 2.75) is 33.6 Å². The molecule has 0 bridgehead atoms. The van der Waals surface area contributed by atoms with Gasteiger partial charge in [0.25, 0.3) is 0 Å². The van der Waals surface area contributed by atoms with Crippen LogP contribution in [0.5, 0.6) is 0 Å². The van der Waals surface area contributed by atoms with Crippen molar-refractivity contribution in [1.29, 1.82) is 0 Å². The van der Waals surface area contributed by atoms with Gasteiger partial charge >= 0.3 is 0 Å². The van der Waals surface area contributed by atoms with Gasteiger partial charge in [0, 0.05) is 10.4 Å². The number of rotatable bonds is 2. The van der Waals surface area contributed by atoms with E-state index in [-0.39, 0.29) is 11.7 Å². The van der Waals surface area contributed by atoms with E-state index < -0.39 is 0 Å². The van der Waals surface area contributed by atoms with Crippen LogP contribution >= 0.6 is 12.2 Å². The lowest BCUT2D eigenvalue weighted by Gasteiger charge is -2.12. The standard InChI is InChI=1S/C12H15FS/c1-7(2)10-5-8(3)6-11(9(4)14)12(10)13/h5-7H,1-4H3. The molecular formula is C12H15FS. The van der Waals surface area contributed by atoms with Crippen LogP contribution in [0.15, 0.2) is 12.1 Å². The van der Waals surface area contributed by atoms with Gasteiger partial charge in [-0.1, -0.05) is 37.7 Å². The molecule has 0 nitrogen and oxygen atoms in total. The third kappa shape index (κ3) is 2.18.